The monoisotopic (exact) mass is 382 g/mol. The number of carbonyl (C=O) groups excluding carboxylic acids is 1. The summed E-state index contributed by atoms with van der Waals surface area (Å²) in [5.41, 5.74) is 0. The molecule has 9 heteroatoms. The second kappa shape index (κ2) is 9.72. The van der Waals surface area contributed by atoms with Gasteiger partial charge in [-0.15, -0.1) is 12.4 Å². The van der Waals surface area contributed by atoms with Gasteiger partial charge in [0.1, 0.15) is 0 Å². The number of rotatable bonds is 6. The van der Waals surface area contributed by atoms with Gasteiger partial charge in [0, 0.05) is 12.1 Å². The maximum absolute atomic E-state index is 12.2. The predicted molar refractivity (Wildman–Crippen MR) is 89.4 cm³/mol. The fourth-order valence-electron chi connectivity index (χ4n) is 2.48. The molecule has 2 N–H and O–H groups in total. The van der Waals surface area contributed by atoms with Gasteiger partial charge < -0.3 is 20.1 Å². The number of piperidine rings is 1. The summed E-state index contributed by atoms with van der Waals surface area (Å²) in [7, 11) is 0. The van der Waals surface area contributed by atoms with Gasteiger partial charge in [0.15, 0.2) is 24.7 Å². The molecule has 25 heavy (non-hydrogen) atoms. The summed E-state index contributed by atoms with van der Waals surface area (Å²) >= 11 is 0. The first-order chi connectivity index (χ1) is 11.3. The van der Waals surface area contributed by atoms with E-state index < -0.39 is 12.8 Å². The van der Waals surface area contributed by atoms with Crippen molar-refractivity contribution in [1.82, 2.24) is 10.6 Å². The maximum atomic E-state index is 12.2. The second-order valence-electron chi connectivity index (χ2n) is 5.70. The molecule has 1 aromatic rings. The number of ether oxygens (including phenoxy) is 2. The quantitative estimate of drug-likeness (QED) is 0.794. The van der Waals surface area contributed by atoms with E-state index in [0.29, 0.717) is 0 Å². The van der Waals surface area contributed by atoms with E-state index >= 15 is 0 Å². The van der Waals surface area contributed by atoms with Crippen LogP contribution >= 0.6 is 12.4 Å². The highest BCUT2D eigenvalue weighted by molar-refractivity contribution is 5.85. The Morgan fingerprint density at radius 3 is 2.52 bits per heavy atom. The topological polar surface area (TPSA) is 59.6 Å². The number of carbonyl (C=O) groups is 1. The van der Waals surface area contributed by atoms with Crippen LogP contribution < -0.4 is 20.1 Å². The Labute approximate surface area is 150 Å². The van der Waals surface area contributed by atoms with E-state index in [9.17, 15) is 18.0 Å². The largest absolute Gasteiger partial charge is 0.480 e. The van der Waals surface area contributed by atoms with Crippen LogP contribution in [0.5, 0.6) is 11.5 Å². The maximum Gasteiger partial charge on any atom is 0.422 e. The first-order valence-electron chi connectivity index (χ1n) is 7.79. The van der Waals surface area contributed by atoms with E-state index in [1.165, 1.54) is 18.2 Å². The number of nitrogens with one attached hydrogen (secondary N) is 2. The fraction of sp³-hybridized carbons (Fsp3) is 0.562. The van der Waals surface area contributed by atoms with Crippen molar-refractivity contribution in [2.45, 2.75) is 38.0 Å². The van der Waals surface area contributed by atoms with E-state index in [1.54, 1.807) is 6.07 Å². The lowest BCUT2D eigenvalue weighted by Gasteiger charge is -2.30. The molecule has 1 amide bonds. The molecule has 5 nitrogen and oxygen atoms in total. The summed E-state index contributed by atoms with van der Waals surface area (Å²) in [5.74, 6) is -0.261. The van der Waals surface area contributed by atoms with Crippen molar-refractivity contribution in [3.05, 3.63) is 24.3 Å². The standard InChI is InChI=1S/C16H21F3N2O3.ClH/c1-11-12(5-4-8-20-11)21-15(22)9-23-13-6-2-3-7-14(13)24-10-16(17,18)19;/h2-3,6-7,11-12,20H,4-5,8-10H2,1H3,(H,21,22);1H. The number of hydrogen-bond acceptors (Lipinski definition) is 4. The Morgan fingerprint density at radius 1 is 1.28 bits per heavy atom. The van der Waals surface area contributed by atoms with Gasteiger partial charge >= 0.3 is 6.18 Å². The lowest BCUT2D eigenvalue weighted by molar-refractivity contribution is -0.153. The number of halogens is 4. The summed E-state index contributed by atoms with van der Waals surface area (Å²) in [6, 6.07) is 6.15. The molecule has 0 aliphatic carbocycles. The Balaban J connectivity index is 0.00000312. The highest BCUT2D eigenvalue weighted by Gasteiger charge is 2.29. The van der Waals surface area contributed by atoms with Gasteiger partial charge in [0.25, 0.3) is 5.91 Å². The van der Waals surface area contributed by atoms with Crippen molar-refractivity contribution < 1.29 is 27.4 Å². The Bertz CT molecular complexity index is 558. The third-order valence-corrected chi connectivity index (χ3v) is 3.71. The normalized spacial score (nSPS) is 20.3. The minimum absolute atomic E-state index is 0. The van der Waals surface area contributed by atoms with Crippen LogP contribution in [0.3, 0.4) is 0 Å². The molecule has 142 valence electrons. The van der Waals surface area contributed by atoms with Crippen LogP contribution in [0.15, 0.2) is 24.3 Å². The van der Waals surface area contributed by atoms with Crippen LogP contribution in [0.4, 0.5) is 13.2 Å². The van der Waals surface area contributed by atoms with Crippen molar-refractivity contribution >= 4 is 18.3 Å². The van der Waals surface area contributed by atoms with Crippen LogP contribution in [0.2, 0.25) is 0 Å². The van der Waals surface area contributed by atoms with Gasteiger partial charge in [0.05, 0.1) is 0 Å². The fourth-order valence-corrected chi connectivity index (χ4v) is 2.48. The van der Waals surface area contributed by atoms with Crippen LogP contribution in [0, 0.1) is 0 Å². The molecule has 1 aromatic carbocycles. The van der Waals surface area contributed by atoms with Gasteiger partial charge in [0.2, 0.25) is 0 Å². The van der Waals surface area contributed by atoms with Crippen molar-refractivity contribution in [1.29, 1.82) is 0 Å². The molecule has 0 aromatic heterocycles. The minimum Gasteiger partial charge on any atom is -0.480 e. The average Bonchev–Trinajstić information content (AvgIpc) is 2.53. The molecule has 1 aliphatic heterocycles. The van der Waals surface area contributed by atoms with E-state index in [4.69, 9.17) is 9.47 Å². The van der Waals surface area contributed by atoms with Crippen LogP contribution in [-0.4, -0.2) is 43.9 Å². The molecule has 0 radical (unpaired) electrons. The van der Waals surface area contributed by atoms with Crippen LogP contribution in [-0.2, 0) is 4.79 Å². The van der Waals surface area contributed by atoms with Gasteiger partial charge in [-0.3, -0.25) is 4.79 Å². The van der Waals surface area contributed by atoms with Crippen molar-refractivity contribution in [3.8, 4) is 11.5 Å². The molecule has 0 saturated carbocycles. The molecule has 2 unspecified atom stereocenters. The van der Waals surface area contributed by atoms with E-state index in [1.807, 2.05) is 6.92 Å². The summed E-state index contributed by atoms with van der Waals surface area (Å²) in [5, 5.41) is 6.14. The van der Waals surface area contributed by atoms with E-state index in [0.717, 1.165) is 19.4 Å². The molecular formula is C16H22ClF3N2O3. The van der Waals surface area contributed by atoms with E-state index in [-0.39, 0.29) is 48.5 Å². The van der Waals surface area contributed by atoms with E-state index in [2.05, 4.69) is 10.6 Å². The lowest BCUT2D eigenvalue weighted by atomic mass is 10.00. The van der Waals surface area contributed by atoms with Crippen molar-refractivity contribution in [3.63, 3.8) is 0 Å². The molecule has 1 saturated heterocycles. The SMILES string of the molecule is CC1NCCCC1NC(=O)COc1ccccc1OCC(F)(F)F.Cl. The molecule has 1 aliphatic rings. The Hall–Kier alpha value is -1.67. The zero-order chi connectivity index (χ0) is 17.6. The van der Waals surface area contributed by atoms with Crippen molar-refractivity contribution in [2.24, 2.45) is 0 Å². The third kappa shape index (κ3) is 7.39. The smallest absolute Gasteiger partial charge is 0.422 e. The summed E-state index contributed by atoms with van der Waals surface area (Å²) in [6.45, 7) is 1.22. The van der Waals surface area contributed by atoms with Crippen LogP contribution in [0.25, 0.3) is 0 Å². The van der Waals surface area contributed by atoms with Gasteiger partial charge in [-0.2, -0.15) is 13.2 Å². The summed E-state index contributed by atoms with van der Waals surface area (Å²) in [6.07, 6.45) is -2.58. The number of para-hydroxylation sites is 2. The predicted octanol–water partition coefficient (Wildman–Crippen LogP) is 2.69. The third-order valence-electron chi connectivity index (χ3n) is 3.71. The lowest BCUT2D eigenvalue weighted by Crippen LogP contribution is -2.52. The zero-order valence-electron chi connectivity index (χ0n) is 13.8. The zero-order valence-corrected chi connectivity index (χ0v) is 14.6. The number of amides is 1. The average molecular weight is 383 g/mol. The molecule has 1 fully saturated rings. The van der Waals surface area contributed by atoms with Gasteiger partial charge in [-0.05, 0) is 38.4 Å². The molecule has 2 atom stereocenters. The Kier molecular flexibility index (Phi) is 8.31. The molecule has 0 spiro atoms. The Morgan fingerprint density at radius 2 is 1.92 bits per heavy atom. The van der Waals surface area contributed by atoms with Gasteiger partial charge in [-0.1, -0.05) is 12.1 Å². The number of hydrogen-bond donors (Lipinski definition) is 2. The highest BCUT2D eigenvalue weighted by Crippen LogP contribution is 2.28. The first kappa shape index (κ1) is 21.4. The second-order valence-corrected chi connectivity index (χ2v) is 5.70. The number of benzene rings is 1. The summed E-state index contributed by atoms with van der Waals surface area (Å²) < 4.78 is 46.8. The van der Waals surface area contributed by atoms with Crippen LogP contribution in [0.1, 0.15) is 19.8 Å². The van der Waals surface area contributed by atoms with Gasteiger partial charge in [-0.25, -0.2) is 0 Å². The molecule has 0 bridgehead atoms. The minimum atomic E-state index is -4.44. The molecule has 1 heterocycles. The molecular weight excluding hydrogens is 361 g/mol. The highest BCUT2D eigenvalue weighted by atomic mass is 35.5. The van der Waals surface area contributed by atoms with Crippen molar-refractivity contribution in [2.75, 3.05) is 19.8 Å². The summed E-state index contributed by atoms with van der Waals surface area (Å²) in [4.78, 5) is 12.0. The first-order valence-corrected chi connectivity index (χ1v) is 7.79. The number of alkyl halides is 3. The molecule has 2 rings (SSSR count).